The second-order valence-electron chi connectivity index (χ2n) is 4.30. The molecule has 1 fully saturated rings. The normalized spacial score (nSPS) is 25.2. The number of hydrogen-bond acceptors (Lipinski definition) is 3. The van der Waals surface area contributed by atoms with Crippen LogP contribution in [-0.4, -0.2) is 37.2 Å². The maximum absolute atomic E-state index is 12.0. The number of rotatable bonds is 2. The topological polar surface area (TPSA) is 63.2 Å². The molecule has 1 aromatic rings. The van der Waals surface area contributed by atoms with E-state index in [1.807, 2.05) is 0 Å². The maximum Gasteiger partial charge on any atom is 0.253 e. The minimum absolute atomic E-state index is 0.117. The van der Waals surface area contributed by atoms with Gasteiger partial charge in [0, 0.05) is 4.47 Å². The van der Waals surface area contributed by atoms with Gasteiger partial charge in [-0.2, -0.15) is 0 Å². The predicted molar refractivity (Wildman–Crippen MR) is 78.7 cm³/mol. The smallest absolute Gasteiger partial charge is 0.253 e. The summed E-state index contributed by atoms with van der Waals surface area (Å²) in [5.74, 6) is -0.681. The SMILES string of the molecule is O=C(NC1CS(=O)(=O)CC1Cl)c1ccc(Br)cc1Cl. The summed E-state index contributed by atoms with van der Waals surface area (Å²) in [7, 11) is -3.18. The molecule has 1 aliphatic heterocycles. The molecule has 0 bridgehead atoms. The Labute approximate surface area is 129 Å². The second kappa shape index (κ2) is 5.60. The lowest BCUT2D eigenvalue weighted by Crippen LogP contribution is -2.40. The molecule has 104 valence electrons. The van der Waals surface area contributed by atoms with Crippen LogP contribution in [0, 0.1) is 0 Å². The molecule has 0 spiro atoms. The van der Waals surface area contributed by atoms with Gasteiger partial charge in [0.05, 0.1) is 33.5 Å². The summed E-state index contributed by atoms with van der Waals surface area (Å²) in [6.07, 6.45) is 0. The van der Waals surface area contributed by atoms with E-state index in [4.69, 9.17) is 23.2 Å². The van der Waals surface area contributed by atoms with Gasteiger partial charge in [0.1, 0.15) is 0 Å². The molecule has 1 saturated heterocycles. The molecule has 8 heteroatoms. The van der Waals surface area contributed by atoms with Crippen molar-refractivity contribution in [1.29, 1.82) is 0 Å². The predicted octanol–water partition coefficient (Wildman–Crippen LogP) is 2.24. The standard InChI is InChI=1S/C11H10BrCl2NO3S/c12-6-1-2-7(8(13)3-6)11(16)15-10-5-19(17,18)4-9(10)14/h1-3,9-10H,4-5H2,(H,15,16). The van der Waals surface area contributed by atoms with Gasteiger partial charge in [-0.25, -0.2) is 8.42 Å². The van der Waals surface area contributed by atoms with Crippen LogP contribution in [0.3, 0.4) is 0 Å². The molecule has 0 saturated carbocycles. The number of carbonyl (C=O) groups is 1. The average Bonchev–Trinajstić information content (AvgIpc) is 2.51. The molecule has 1 amide bonds. The zero-order valence-corrected chi connectivity index (χ0v) is 13.5. The van der Waals surface area contributed by atoms with E-state index >= 15 is 0 Å². The molecule has 0 radical (unpaired) electrons. The zero-order valence-electron chi connectivity index (χ0n) is 9.57. The summed E-state index contributed by atoms with van der Waals surface area (Å²) in [6, 6.07) is 4.26. The van der Waals surface area contributed by atoms with Crippen LogP contribution in [-0.2, 0) is 9.84 Å². The van der Waals surface area contributed by atoms with Crippen LogP contribution >= 0.6 is 39.1 Å². The van der Waals surface area contributed by atoms with Gasteiger partial charge >= 0.3 is 0 Å². The van der Waals surface area contributed by atoms with Crippen LogP contribution in [0.5, 0.6) is 0 Å². The molecule has 2 rings (SSSR count). The van der Waals surface area contributed by atoms with E-state index in [0.29, 0.717) is 5.02 Å². The molecule has 4 nitrogen and oxygen atoms in total. The number of benzene rings is 1. The van der Waals surface area contributed by atoms with Gasteiger partial charge in [-0.1, -0.05) is 27.5 Å². The first kappa shape index (κ1) is 15.1. The van der Waals surface area contributed by atoms with Crippen LogP contribution in [0.15, 0.2) is 22.7 Å². The maximum atomic E-state index is 12.0. The van der Waals surface area contributed by atoms with Gasteiger partial charge in [0.2, 0.25) is 0 Å². The van der Waals surface area contributed by atoms with E-state index in [2.05, 4.69) is 21.2 Å². The molecule has 2 atom stereocenters. The van der Waals surface area contributed by atoms with Crippen LogP contribution in [0.2, 0.25) is 5.02 Å². The fraction of sp³-hybridized carbons (Fsp3) is 0.364. The molecule has 0 aliphatic carbocycles. The zero-order chi connectivity index (χ0) is 14.2. The average molecular weight is 387 g/mol. The molecular formula is C11H10BrCl2NO3S. The van der Waals surface area contributed by atoms with E-state index in [1.165, 1.54) is 0 Å². The number of hydrogen-bond donors (Lipinski definition) is 1. The lowest BCUT2D eigenvalue weighted by Gasteiger charge is -2.15. The number of nitrogens with one attached hydrogen (secondary N) is 1. The van der Waals surface area contributed by atoms with E-state index < -0.39 is 27.2 Å². The number of halogens is 3. The Morgan fingerprint density at radius 1 is 1.37 bits per heavy atom. The highest BCUT2D eigenvalue weighted by molar-refractivity contribution is 9.10. The first-order chi connectivity index (χ1) is 8.78. The number of alkyl halides is 1. The highest BCUT2D eigenvalue weighted by atomic mass is 79.9. The van der Waals surface area contributed by atoms with Gasteiger partial charge in [-0.3, -0.25) is 4.79 Å². The van der Waals surface area contributed by atoms with Gasteiger partial charge in [0.25, 0.3) is 5.91 Å². The van der Waals surface area contributed by atoms with Crippen molar-refractivity contribution in [2.75, 3.05) is 11.5 Å². The Bertz CT molecular complexity index is 620. The van der Waals surface area contributed by atoms with Crippen LogP contribution < -0.4 is 5.32 Å². The monoisotopic (exact) mass is 385 g/mol. The van der Waals surface area contributed by atoms with Crippen molar-refractivity contribution in [3.63, 3.8) is 0 Å². The van der Waals surface area contributed by atoms with Crippen molar-refractivity contribution in [3.05, 3.63) is 33.3 Å². The van der Waals surface area contributed by atoms with Crippen molar-refractivity contribution in [2.45, 2.75) is 11.4 Å². The Kier molecular flexibility index (Phi) is 4.45. The summed E-state index contributed by atoms with van der Waals surface area (Å²) in [5, 5.41) is 2.29. The van der Waals surface area contributed by atoms with Crippen LogP contribution in [0.25, 0.3) is 0 Å². The molecule has 19 heavy (non-hydrogen) atoms. The Hall–Kier alpha value is -0.300. The van der Waals surface area contributed by atoms with Crippen molar-refractivity contribution in [1.82, 2.24) is 5.32 Å². The van der Waals surface area contributed by atoms with Gasteiger partial charge in [0.15, 0.2) is 9.84 Å². The number of carbonyl (C=O) groups excluding carboxylic acids is 1. The molecule has 1 N–H and O–H groups in total. The van der Waals surface area contributed by atoms with E-state index in [0.717, 1.165) is 4.47 Å². The molecule has 1 aromatic carbocycles. The summed E-state index contributed by atoms with van der Waals surface area (Å²) >= 11 is 15.1. The fourth-order valence-corrected chi connectivity index (χ4v) is 5.17. The van der Waals surface area contributed by atoms with Crippen molar-refractivity contribution >= 4 is 54.9 Å². The summed E-state index contributed by atoms with van der Waals surface area (Å²) < 4.78 is 23.6. The first-order valence-corrected chi connectivity index (χ1v) is 8.82. The van der Waals surface area contributed by atoms with Crippen molar-refractivity contribution in [2.24, 2.45) is 0 Å². The Morgan fingerprint density at radius 3 is 2.58 bits per heavy atom. The summed E-state index contributed by atoms with van der Waals surface area (Å²) in [4.78, 5) is 12.0. The number of amides is 1. The molecular weight excluding hydrogens is 377 g/mol. The first-order valence-electron chi connectivity index (χ1n) is 5.39. The minimum Gasteiger partial charge on any atom is -0.347 e. The van der Waals surface area contributed by atoms with Gasteiger partial charge in [-0.15, -0.1) is 11.6 Å². The lowest BCUT2D eigenvalue weighted by atomic mass is 10.2. The van der Waals surface area contributed by atoms with Crippen molar-refractivity contribution in [3.8, 4) is 0 Å². The number of sulfone groups is 1. The quantitative estimate of drug-likeness (QED) is 0.792. The fourth-order valence-electron chi connectivity index (χ4n) is 1.86. The highest BCUT2D eigenvalue weighted by Gasteiger charge is 2.37. The molecule has 1 aliphatic rings. The Morgan fingerprint density at radius 2 is 2.05 bits per heavy atom. The van der Waals surface area contributed by atoms with Gasteiger partial charge < -0.3 is 5.32 Å². The third kappa shape index (κ3) is 3.62. The molecule has 1 heterocycles. The molecule has 2 unspecified atom stereocenters. The molecule has 0 aromatic heterocycles. The van der Waals surface area contributed by atoms with Crippen LogP contribution in [0.4, 0.5) is 0 Å². The second-order valence-corrected chi connectivity index (χ2v) is 8.33. The third-order valence-corrected chi connectivity index (χ3v) is 5.96. The van der Waals surface area contributed by atoms with E-state index in [-0.39, 0.29) is 17.1 Å². The van der Waals surface area contributed by atoms with Crippen molar-refractivity contribution < 1.29 is 13.2 Å². The lowest BCUT2D eigenvalue weighted by molar-refractivity contribution is 0.0941. The van der Waals surface area contributed by atoms with E-state index in [1.54, 1.807) is 18.2 Å². The van der Waals surface area contributed by atoms with Gasteiger partial charge in [-0.05, 0) is 18.2 Å². The highest BCUT2D eigenvalue weighted by Crippen LogP contribution is 2.23. The Balaban J connectivity index is 2.14. The minimum atomic E-state index is -3.18. The third-order valence-electron chi connectivity index (χ3n) is 2.78. The van der Waals surface area contributed by atoms with Crippen LogP contribution in [0.1, 0.15) is 10.4 Å². The largest absolute Gasteiger partial charge is 0.347 e. The van der Waals surface area contributed by atoms with E-state index in [9.17, 15) is 13.2 Å². The summed E-state index contributed by atoms with van der Waals surface area (Å²) in [6.45, 7) is 0. The summed E-state index contributed by atoms with van der Waals surface area (Å²) in [5.41, 5.74) is 0.290.